The van der Waals surface area contributed by atoms with Crippen molar-refractivity contribution in [2.75, 3.05) is 13.2 Å². The highest BCUT2D eigenvalue weighted by atomic mass is 16.6. The van der Waals surface area contributed by atoms with E-state index in [0.717, 1.165) is 64.2 Å². The Morgan fingerprint density at radius 2 is 0.493 bits per heavy atom. The summed E-state index contributed by atoms with van der Waals surface area (Å²) in [6, 6.07) is 0. The zero-order valence-corrected chi connectivity index (χ0v) is 45.2. The van der Waals surface area contributed by atoms with Crippen LogP contribution >= 0.6 is 0 Å². The number of hydrogen-bond acceptors (Lipinski definition) is 6. The zero-order valence-electron chi connectivity index (χ0n) is 45.2. The Morgan fingerprint density at radius 1 is 0.284 bits per heavy atom. The molecule has 6 heteroatoms. The molecule has 0 amide bonds. The number of carbonyl (C=O) groups is 3. The van der Waals surface area contributed by atoms with Crippen LogP contribution in [0.15, 0.2) is 24.3 Å². The van der Waals surface area contributed by atoms with Crippen LogP contribution in [0.2, 0.25) is 0 Å². The van der Waals surface area contributed by atoms with Crippen LogP contribution in [0, 0.1) is 0 Å². The Bertz CT molecular complexity index is 1080. The lowest BCUT2D eigenvalue weighted by atomic mass is 10.0. The van der Waals surface area contributed by atoms with Crippen molar-refractivity contribution >= 4 is 17.9 Å². The van der Waals surface area contributed by atoms with Gasteiger partial charge >= 0.3 is 17.9 Å². The van der Waals surface area contributed by atoms with Crippen LogP contribution in [0.4, 0.5) is 0 Å². The van der Waals surface area contributed by atoms with E-state index in [2.05, 4.69) is 45.1 Å². The molecule has 0 fully saturated rings. The summed E-state index contributed by atoms with van der Waals surface area (Å²) in [5.74, 6) is -0.870. The zero-order chi connectivity index (χ0) is 48.6. The number of esters is 3. The van der Waals surface area contributed by atoms with Crippen molar-refractivity contribution in [1.82, 2.24) is 0 Å². The Balaban J connectivity index is 3.99. The van der Waals surface area contributed by atoms with Gasteiger partial charge in [-0.3, -0.25) is 14.4 Å². The van der Waals surface area contributed by atoms with E-state index >= 15 is 0 Å². The Morgan fingerprint density at radius 3 is 0.761 bits per heavy atom. The molecule has 1 atom stereocenters. The average Bonchev–Trinajstić information content (AvgIpc) is 3.33. The topological polar surface area (TPSA) is 78.9 Å². The van der Waals surface area contributed by atoms with Crippen molar-refractivity contribution in [1.29, 1.82) is 0 Å². The van der Waals surface area contributed by atoms with Crippen LogP contribution in [0.1, 0.15) is 329 Å². The van der Waals surface area contributed by atoms with Gasteiger partial charge in [-0.25, -0.2) is 0 Å². The first-order valence-electron chi connectivity index (χ1n) is 29.8. The Kier molecular flexibility index (Phi) is 54.7. The molecule has 0 rings (SSSR count). The molecule has 0 aromatic heterocycles. The van der Waals surface area contributed by atoms with Gasteiger partial charge in [0.1, 0.15) is 13.2 Å². The van der Waals surface area contributed by atoms with Gasteiger partial charge in [0.05, 0.1) is 0 Å². The number of hydrogen-bond donors (Lipinski definition) is 0. The number of ether oxygens (including phenoxy) is 3. The van der Waals surface area contributed by atoms with Crippen LogP contribution in [0.25, 0.3) is 0 Å². The lowest BCUT2D eigenvalue weighted by Crippen LogP contribution is -2.30. The third-order valence-corrected chi connectivity index (χ3v) is 13.4. The molecule has 0 saturated heterocycles. The molecular formula is C61H114O6. The first-order valence-corrected chi connectivity index (χ1v) is 29.8. The average molecular weight is 944 g/mol. The van der Waals surface area contributed by atoms with E-state index in [1.807, 2.05) is 0 Å². The molecule has 1 unspecified atom stereocenters. The minimum atomic E-state index is -0.769. The molecule has 67 heavy (non-hydrogen) atoms. The van der Waals surface area contributed by atoms with Gasteiger partial charge in [-0.1, -0.05) is 263 Å². The number of rotatable bonds is 55. The quantitative estimate of drug-likeness (QED) is 0.0262. The lowest BCUT2D eigenvalue weighted by Gasteiger charge is -2.18. The molecular weight excluding hydrogens is 829 g/mol. The first kappa shape index (κ1) is 64.9. The van der Waals surface area contributed by atoms with Gasteiger partial charge < -0.3 is 14.2 Å². The second kappa shape index (κ2) is 56.5. The molecule has 0 aliphatic carbocycles. The summed E-state index contributed by atoms with van der Waals surface area (Å²) >= 11 is 0. The highest BCUT2D eigenvalue weighted by Crippen LogP contribution is 2.17. The van der Waals surface area contributed by atoms with Gasteiger partial charge in [0.15, 0.2) is 6.10 Å². The molecule has 6 nitrogen and oxygen atoms in total. The predicted molar refractivity (Wildman–Crippen MR) is 289 cm³/mol. The highest BCUT2D eigenvalue weighted by Gasteiger charge is 2.19. The predicted octanol–water partition coefficient (Wildman–Crippen LogP) is 19.9. The maximum Gasteiger partial charge on any atom is 0.306 e. The first-order chi connectivity index (χ1) is 33.0. The van der Waals surface area contributed by atoms with Crippen molar-refractivity contribution < 1.29 is 28.6 Å². The van der Waals surface area contributed by atoms with Crippen LogP contribution in [-0.2, 0) is 28.6 Å². The van der Waals surface area contributed by atoms with E-state index in [-0.39, 0.29) is 31.1 Å². The molecule has 0 saturated carbocycles. The normalized spacial score (nSPS) is 12.1. The van der Waals surface area contributed by atoms with E-state index in [0.29, 0.717) is 19.3 Å². The molecule has 394 valence electrons. The largest absolute Gasteiger partial charge is 0.462 e. The minimum Gasteiger partial charge on any atom is -0.462 e. The Hall–Kier alpha value is -2.11. The monoisotopic (exact) mass is 943 g/mol. The maximum absolute atomic E-state index is 12.8. The molecule has 0 spiro atoms. The molecule has 0 aliphatic heterocycles. The SMILES string of the molecule is CCCCCC/C=C\CCCCCCCC(=O)OC(COC(=O)CCCCCCCCC)COC(=O)CCCCCCCCCCCCCCCCCCC/C=C\CCCCCCCCCC. The fraction of sp³-hybridized carbons (Fsp3) is 0.885. The summed E-state index contributed by atoms with van der Waals surface area (Å²) < 4.78 is 16.8. The summed E-state index contributed by atoms with van der Waals surface area (Å²) in [5, 5.41) is 0. The van der Waals surface area contributed by atoms with Crippen LogP contribution < -0.4 is 0 Å². The standard InChI is InChI=1S/C61H114O6/c1-4-7-10-13-16-18-20-22-23-24-25-26-27-28-29-30-31-32-33-34-35-36-37-39-40-42-45-48-51-54-60(63)66-57-58(56-65-59(62)53-50-47-44-15-12-9-6-3)67-61(64)55-52-49-46-43-41-38-21-19-17-14-11-8-5-2/h19,21,24-25,58H,4-18,20,22-23,26-57H2,1-3H3/b21-19-,25-24-. The summed E-state index contributed by atoms with van der Waals surface area (Å²) in [4.78, 5) is 37.9. The smallest absolute Gasteiger partial charge is 0.306 e. The van der Waals surface area contributed by atoms with Gasteiger partial charge in [-0.05, 0) is 70.6 Å². The van der Waals surface area contributed by atoms with E-state index in [9.17, 15) is 14.4 Å². The van der Waals surface area contributed by atoms with E-state index in [1.165, 1.54) is 225 Å². The van der Waals surface area contributed by atoms with E-state index < -0.39 is 6.10 Å². The summed E-state index contributed by atoms with van der Waals surface area (Å²) in [7, 11) is 0. The van der Waals surface area contributed by atoms with Crippen molar-refractivity contribution in [2.24, 2.45) is 0 Å². The van der Waals surface area contributed by atoms with Crippen molar-refractivity contribution in [3.05, 3.63) is 24.3 Å². The Labute approximate surface area is 417 Å². The number of unbranched alkanes of at least 4 members (excludes halogenated alkanes) is 40. The van der Waals surface area contributed by atoms with Gasteiger partial charge in [-0.15, -0.1) is 0 Å². The highest BCUT2D eigenvalue weighted by molar-refractivity contribution is 5.71. The molecule has 0 N–H and O–H groups in total. The summed E-state index contributed by atoms with van der Waals surface area (Å²) in [6.07, 6.45) is 66.5. The van der Waals surface area contributed by atoms with Gasteiger partial charge in [0.2, 0.25) is 0 Å². The van der Waals surface area contributed by atoms with Crippen molar-refractivity contribution in [3.63, 3.8) is 0 Å². The molecule has 0 bridgehead atoms. The van der Waals surface area contributed by atoms with Gasteiger partial charge in [0.25, 0.3) is 0 Å². The fourth-order valence-electron chi connectivity index (χ4n) is 8.91. The molecule has 0 aromatic carbocycles. The third-order valence-electron chi connectivity index (χ3n) is 13.4. The number of allylic oxidation sites excluding steroid dienone is 4. The van der Waals surface area contributed by atoms with Gasteiger partial charge in [0, 0.05) is 19.3 Å². The molecule has 0 aliphatic rings. The van der Waals surface area contributed by atoms with Crippen LogP contribution in [-0.4, -0.2) is 37.2 Å². The molecule has 0 heterocycles. The van der Waals surface area contributed by atoms with E-state index in [1.54, 1.807) is 0 Å². The number of carbonyl (C=O) groups excluding carboxylic acids is 3. The molecule has 0 aromatic rings. The van der Waals surface area contributed by atoms with Crippen LogP contribution in [0.3, 0.4) is 0 Å². The summed E-state index contributed by atoms with van der Waals surface area (Å²) in [6.45, 7) is 6.61. The summed E-state index contributed by atoms with van der Waals surface area (Å²) in [5.41, 5.74) is 0. The van der Waals surface area contributed by atoms with Crippen molar-refractivity contribution in [3.8, 4) is 0 Å². The van der Waals surface area contributed by atoms with E-state index in [4.69, 9.17) is 14.2 Å². The minimum absolute atomic E-state index is 0.0703. The molecule has 0 radical (unpaired) electrons. The second-order valence-corrected chi connectivity index (χ2v) is 20.3. The second-order valence-electron chi connectivity index (χ2n) is 20.3. The van der Waals surface area contributed by atoms with Crippen molar-refractivity contribution in [2.45, 2.75) is 335 Å². The van der Waals surface area contributed by atoms with Crippen LogP contribution in [0.5, 0.6) is 0 Å². The lowest BCUT2D eigenvalue weighted by molar-refractivity contribution is -0.167. The third kappa shape index (κ3) is 54.7. The van der Waals surface area contributed by atoms with Gasteiger partial charge in [-0.2, -0.15) is 0 Å². The fourth-order valence-corrected chi connectivity index (χ4v) is 8.91. The maximum atomic E-state index is 12.8.